The zero-order chi connectivity index (χ0) is 11.1. The van der Waals surface area contributed by atoms with Gasteiger partial charge >= 0.3 is 0 Å². The fourth-order valence-electron chi connectivity index (χ4n) is 1.52. The van der Waals surface area contributed by atoms with Crippen molar-refractivity contribution in [1.29, 1.82) is 0 Å². The molecule has 0 aromatic heterocycles. The second-order valence-corrected chi connectivity index (χ2v) is 4.68. The molecule has 84 valence electrons. The molecule has 0 aliphatic heterocycles. The summed E-state index contributed by atoms with van der Waals surface area (Å²) in [6.07, 6.45) is 0. The van der Waals surface area contributed by atoms with E-state index >= 15 is 0 Å². The van der Waals surface area contributed by atoms with Crippen molar-refractivity contribution in [3.63, 3.8) is 0 Å². The number of rotatable bonds is 6. The van der Waals surface area contributed by atoms with Gasteiger partial charge in [0.2, 0.25) is 0 Å². The predicted octanol–water partition coefficient (Wildman–Crippen LogP) is 2.44. The van der Waals surface area contributed by atoms with Gasteiger partial charge in [-0.3, -0.25) is 0 Å². The average molecular weight is 225 g/mol. The number of thioether (sulfide) groups is 1. The molecule has 1 atom stereocenters. The average Bonchev–Trinajstić information content (AvgIpc) is 2.27. The molecule has 0 saturated carbocycles. The highest BCUT2D eigenvalue weighted by Crippen LogP contribution is 2.26. The monoisotopic (exact) mass is 225 g/mol. The van der Waals surface area contributed by atoms with Crippen LogP contribution in [0.4, 0.5) is 0 Å². The van der Waals surface area contributed by atoms with Crippen LogP contribution in [0.15, 0.2) is 29.2 Å². The quantitative estimate of drug-likeness (QED) is 0.729. The number of nitrogens with one attached hydrogen (secondary N) is 1. The van der Waals surface area contributed by atoms with Gasteiger partial charge in [-0.15, -0.1) is 11.8 Å². The molecule has 1 aromatic rings. The minimum atomic E-state index is 0.188. The van der Waals surface area contributed by atoms with Gasteiger partial charge in [-0.2, -0.15) is 0 Å². The third kappa shape index (κ3) is 3.86. The molecule has 0 fully saturated rings. The van der Waals surface area contributed by atoms with E-state index in [0.717, 1.165) is 5.75 Å². The molecule has 0 radical (unpaired) electrons. The first kappa shape index (κ1) is 12.6. The van der Waals surface area contributed by atoms with Crippen LogP contribution in [0.25, 0.3) is 0 Å². The molecule has 0 aliphatic rings. The summed E-state index contributed by atoms with van der Waals surface area (Å²) in [5.74, 6) is 1.09. The molecule has 3 heteroatoms. The van der Waals surface area contributed by atoms with E-state index in [2.05, 4.69) is 43.4 Å². The van der Waals surface area contributed by atoms with E-state index in [-0.39, 0.29) is 6.61 Å². The largest absolute Gasteiger partial charge is 0.395 e. The van der Waals surface area contributed by atoms with Crippen molar-refractivity contribution in [1.82, 2.24) is 5.32 Å². The Morgan fingerprint density at radius 2 is 2.13 bits per heavy atom. The van der Waals surface area contributed by atoms with E-state index in [1.54, 1.807) is 0 Å². The van der Waals surface area contributed by atoms with Crippen LogP contribution in [0.5, 0.6) is 0 Å². The van der Waals surface area contributed by atoms with E-state index in [9.17, 15) is 0 Å². The maximum absolute atomic E-state index is 8.77. The second-order valence-electron chi connectivity index (χ2n) is 3.37. The van der Waals surface area contributed by atoms with Gasteiger partial charge in [0.1, 0.15) is 0 Å². The van der Waals surface area contributed by atoms with Crippen LogP contribution < -0.4 is 5.32 Å². The molecule has 0 bridgehead atoms. The molecule has 2 nitrogen and oxygen atoms in total. The summed E-state index contributed by atoms with van der Waals surface area (Å²) in [5, 5.41) is 12.1. The zero-order valence-electron chi connectivity index (χ0n) is 9.36. The molecular formula is C12H19NOS. The molecule has 15 heavy (non-hydrogen) atoms. The molecule has 0 spiro atoms. The molecule has 1 unspecified atom stereocenters. The highest BCUT2D eigenvalue weighted by molar-refractivity contribution is 7.99. The van der Waals surface area contributed by atoms with E-state index in [0.29, 0.717) is 12.6 Å². The maximum atomic E-state index is 8.77. The summed E-state index contributed by atoms with van der Waals surface area (Å²) in [5.41, 5.74) is 1.32. The van der Waals surface area contributed by atoms with Crippen LogP contribution in [0.1, 0.15) is 25.5 Å². The molecule has 0 amide bonds. The van der Waals surface area contributed by atoms with Crippen molar-refractivity contribution < 1.29 is 5.11 Å². The van der Waals surface area contributed by atoms with Crippen LogP contribution >= 0.6 is 11.8 Å². The zero-order valence-corrected chi connectivity index (χ0v) is 10.2. The van der Waals surface area contributed by atoms with Crippen molar-refractivity contribution in [2.45, 2.75) is 24.8 Å². The Balaban J connectivity index is 2.72. The normalized spacial score (nSPS) is 12.7. The van der Waals surface area contributed by atoms with Crippen molar-refractivity contribution >= 4 is 11.8 Å². The minimum Gasteiger partial charge on any atom is -0.395 e. The van der Waals surface area contributed by atoms with Gasteiger partial charge in [-0.25, -0.2) is 0 Å². The first-order chi connectivity index (χ1) is 7.29. The summed E-state index contributed by atoms with van der Waals surface area (Å²) < 4.78 is 0. The molecule has 1 rings (SSSR count). The topological polar surface area (TPSA) is 32.3 Å². The van der Waals surface area contributed by atoms with Gasteiger partial charge in [0.15, 0.2) is 0 Å². The fraction of sp³-hybridized carbons (Fsp3) is 0.500. The number of aliphatic hydroxyl groups is 1. The fourth-order valence-corrected chi connectivity index (χ4v) is 2.41. The smallest absolute Gasteiger partial charge is 0.0556 e. The van der Waals surface area contributed by atoms with Gasteiger partial charge in [0.05, 0.1) is 6.61 Å². The van der Waals surface area contributed by atoms with Crippen LogP contribution in [0.2, 0.25) is 0 Å². The van der Waals surface area contributed by atoms with Crippen LogP contribution in [-0.2, 0) is 0 Å². The lowest BCUT2D eigenvalue weighted by Crippen LogP contribution is -2.22. The van der Waals surface area contributed by atoms with Gasteiger partial charge in [-0.05, 0) is 24.3 Å². The van der Waals surface area contributed by atoms with Crippen LogP contribution in [0, 0.1) is 0 Å². The number of aliphatic hydroxyl groups excluding tert-OH is 1. The molecular weight excluding hydrogens is 206 g/mol. The van der Waals surface area contributed by atoms with Gasteiger partial charge in [-0.1, -0.05) is 25.1 Å². The second kappa shape index (κ2) is 6.88. The maximum Gasteiger partial charge on any atom is 0.0556 e. The van der Waals surface area contributed by atoms with Crippen LogP contribution in [-0.4, -0.2) is 24.0 Å². The Morgan fingerprint density at radius 3 is 2.80 bits per heavy atom. The Labute approximate surface area is 96.1 Å². The third-order valence-corrected chi connectivity index (χ3v) is 3.22. The molecule has 0 aliphatic carbocycles. The lowest BCUT2D eigenvalue weighted by Gasteiger charge is -2.16. The van der Waals surface area contributed by atoms with Gasteiger partial charge < -0.3 is 10.4 Å². The van der Waals surface area contributed by atoms with Crippen molar-refractivity contribution in [2.75, 3.05) is 18.9 Å². The van der Waals surface area contributed by atoms with Gasteiger partial charge in [0.25, 0.3) is 0 Å². The Bertz CT molecular complexity index is 291. The first-order valence-electron chi connectivity index (χ1n) is 5.35. The highest BCUT2D eigenvalue weighted by Gasteiger charge is 2.08. The third-order valence-electron chi connectivity index (χ3n) is 2.25. The van der Waals surface area contributed by atoms with Gasteiger partial charge in [0, 0.05) is 17.5 Å². The van der Waals surface area contributed by atoms with Crippen LogP contribution in [0.3, 0.4) is 0 Å². The lowest BCUT2D eigenvalue weighted by atomic mass is 10.1. The Kier molecular flexibility index (Phi) is 5.76. The van der Waals surface area contributed by atoms with E-state index in [1.807, 2.05) is 11.8 Å². The minimum absolute atomic E-state index is 0.188. The highest BCUT2D eigenvalue weighted by atomic mass is 32.2. The van der Waals surface area contributed by atoms with E-state index in [4.69, 9.17) is 5.11 Å². The van der Waals surface area contributed by atoms with Crippen molar-refractivity contribution in [3.05, 3.63) is 29.8 Å². The van der Waals surface area contributed by atoms with Crippen molar-refractivity contribution in [3.8, 4) is 0 Å². The SMILES string of the molecule is CCSc1ccccc1C(C)NCCO. The van der Waals surface area contributed by atoms with Crippen molar-refractivity contribution in [2.24, 2.45) is 0 Å². The lowest BCUT2D eigenvalue weighted by molar-refractivity contribution is 0.286. The summed E-state index contributed by atoms with van der Waals surface area (Å²) in [6.45, 7) is 5.12. The number of hydrogen-bond acceptors (Lipinski definition) is 3. The Hall–Kier alpha value is -0.510. The Morgan fingerprint density at radius 1 is 1.40 bits per heavy atom. The molecule has 2 N–H and O–H groups in total. The van der Waals surface area contributed by atoms with E-state index < -0.39 is 0 Å². The standard InChI is InChI=1S/C12H19NOS/c1-3-15-12-7-5-4-6-11(12)10(2)13-8-9-14/h4-7,10,13-14H,3,8-9H2,1-2H3. The summed E-state index contributed by atoms with van der Waals surface area (Å²) in [6, 6.07) is 8.73. The molecule has 0 saturated heterocycles. The van der Waals surface area contributed by atoms with E-state index in [1.165, 1.54) is 10.5 Å². The summed E-state index contributed by atoms with van der Waals surface area (Å²) in [4.78, 5) is 1.33. The number of benzene rings is 1. The first-order valence-corrected chi connectivity index (χ1v) is 6.34. The summed E-state index contributed by atoms with van der Waals surface area (Å²) >= 11 is 1.86. The molecule has 1 aromatic carbocycles. The predicted molar refractivity (Wildman–Crippen MR) is 66.3 cm³/mol. The number of hydrogen-bond donors (Lipinski definition) is 2. The molecule has 0 heterocycles. The summed E-state index contributed by atoms with van der Waals surface area (Å²) in [7, 11) is 0.